The van der Waals surface area contributed by atoms with Crippen LogP contribution >= 0.6 is 0 Å². The van der Waals surface area contributed by atoms with Crippen LogP contribution in [0.1, 0.15) is 70.0 Å². The largest absolute Gasteiger partial charge is 0.501 e. The molecule has 0 saturated heterocycles. The first-order valence-corrected chi connectivity index (χ1v) is 22.4. The SMILES string of the molecule is CC(C)c1cc(-c2ccccc2)cc(C(C)C)c1-n1c(-c2[c-]ccc3c2oc2cc4c(ccc5ccccc54)cc23)nc2ccc3ccccc3c21.[2H]C([2H])([2H])c1c[c-]c(-c2ccc(C([2H])([2H])[2H])cn2)cc1.[Ir]. The quantitative estimate of drug-likeness (QED) is 0.123. The Hall–Kier alpha value is -7.17. The number of hydrogen-bond acceptors (Lipinski definition) is 3. The first-order valence-electron chi connectivity index (χ1n) is 25.4. The molecule has 0 aliphatic heterocycles. The van der Waals surface area contributed by atoms with Crippen molar-refractivity contribution < 1.29 is 32.7 Å². The summed E-state index contributed by atoms with van der Waals surface area (Å²) in [7, 11) is 0. The van der Waals surface area contributed by atoms with Crippen LogP contribution in [-0.2, 0) is 20.1 Å². The van der Waals surface area contributed by atoms with E-state index in [1.54, 1.807) is 12.1 Å². The summed E-state index contributed by atoms with van der Waals surface area (Å²) in [4.78, 5) is 9.55. The van der Waals surface area contributed by atoms with Crippen molar-refractivity contribution in [3.63, 3.8) is 0 Å². The summed E-state index contributed by atoms with van der Waals surface area (Å²) in [6, 6.07) is 64.2. The molecule has 0 fully saturated rings. The molecule has 0 aliphatic rings. The number of benzene rings is 9. The maximum Gasteiger partial charge on any atom is 0.121 e. The number of nitrogens with zero attached hydrogens (tertiary/aromatic N) is 3. The summed E-state index contributed by atoms with van der Waals surface area (Å²) < 4.78 is 53.0. The zero-order valence-corrected chi connectivity index (χ0v) is 39.9. The third kappa shape index (κ3) is 7.93. The molecule has 0 unspecified atom stereocenters. The van der Waals surface area contributed by atoms with Gasteiger partial charge in [0.05, 0.1) is 22.4 Å². The third-order valence-electron chi connectivity index (χ3n) is 12.7. The van der Waals surface area contributed by atoms with Gasteiger partial charge in [0, 0.05) is 51.0 Å². The van der Waals surface area contributed by atoms with E-state index >= 15 is 0 Å². The van der Waals surface area contributed by atoms with Gasteiger partial charge in [0.2, 0.25) is 0 Å². The Labute approximate surface area is 413 Å². The van der Waals surface area contributed by atoms with Gasteiger partial charge in [-0.25, -0.2) is 0 Å². The second kappa shape index (κ2) is 17.9. The van der Waals surface area contributed by atoms with Gasteiger partial charge in [-0.05, 0) is 109 Å². The van der Waals surface area contributed by atoms with E-state index in [0.717, 1.165) is 44.4 Å². The minimum absolute atomic E-state index is 0. The summed E-state index contributed by atoms with van der Waals surface area (Å²) in [5.74, 6) is 1.34. The number of aromatic nitrogens is 3. The van der Waals surface area contributed by atoms with E-state index < -0.39 is 13.7 Å². The average molecular weight is 1050 g/mol. The van der Waals surface area contributed by atoms with E-state index in [9.17, 15) is 0 Å². The number of imidazole rings is 1. The van der Waals surface area contributed by atoms with Crippen LogP contribution < -0.4 is 0 Å². The minimum Gasteiger partial charge on any atom is -0.501 e. The maximum absolute atomic E-state index is 7.28. The fourth-order valence-corrected chi connectivity index (χ4v) is 9.39. The number of furan rings is 1. The predicted molar refractivity (Wildman–Crippen MR) is 277 cm³/mol. The van der Waals surface area contributed by atoms with Crippen molar-refractivity contribution in [2.24, 2.45) is 0 Å². The van der Waals surface area contributed by atoms with E-state index in [1.165, 1.54) is 84.7 Å². The van der Waals surface area contributed by atoms with Gasteiger partial charge in [0.15, 0.2) is 0 Å². The zero-order valence-electron chi connectivity index (χ0n) is 43.5. The van der Waals surface area contributed by atoms with Gasteiger partial charge in [-0.15, -0.1) is 53.6 Å². The molecule has 0 atom stereocenters. The first kappa shape index (κ1) is 37.0. The van der Waals surface area contributed by atoms with Crippen molar-refractivity contribution in [1.29, 1.82) is 0 Å². The maximum atomic E-state index is 7.28. The standard InChI is InChI=1S/C49H37N2O.C13H12N.Ir/c1-29(2)40-26-35(31-13-6-5-7-14-31)27-41(30(3)4)46(40)51-47-37-18-11-9-16-33(37)23-24-44(47)50-49(51)39-20-12-19-38-43-25-34-22-21-32-15-8-10-17-36(32)42(34)28-45(43)52-48(38)39;1-10-3-6-12(7-4-10)13-8-5-11(2)9-14-13;/h5-19,21-30H,1-4H3;3-6,8-9H,1-2H3;/q2*-1;/i;1D3,2D3;. The normalized spacial score (nSPS) is 13.3. The van der Waals surface area contributed by atoms with E-state index in [-0.39, 0.29) is 43.1 Å². The molecule has 0 bridgehead atoms. The molecule has 3 aromatic heterocycles. The first-order chi connectivity index (χ1) is 34.6. The summed E-state index contributed by atoms with van der Waals surface area (Å²) in [6.45, 7) is 4.86. The average Bonchev–Trinajstić information content (AvgIpc) is 3.96. The van der Waals surface area contributed by atoms with Crippen molar-refractivity contribution in [1.82, 2.24) is 14.5 Å². The van der Waals surface area contributed by atoms with Crippen LogP contribution in [0.3, 0.4) is 0 Å². The monoisotopic (exact) mass is 1050 g/mol. The molecular weight excluding hydrogens is 995 g/mol. The Kier molecular flexibility index (Phi) is 9.88. The molecule has 329 valence electrons. The van der Waals surface area contributed by atoms with Crippen LogP contribution in [0.2, 0.25) is 0 Å². The molecule has 0 saturated carbocycles. The third-order valence-corrected chi connectivity index (χ3v) is 12.7. The van der Waals surface area contributed by atoms with Crippen LogP contribution in [0.4, 0.5) is 0 Å². The second-order valence-corrected chi connectivity index (χ2v) is 17.6. The van der Waals surface area contributed by atoms with Crippen molar-refractivity contribution in [2.75, 3.05) is 0 Å². The van der Waals surface area contributed by atoms with Crippen molar-refractivity contribution >= 4 is 65.3 Å². The second-order valence-electron chi connectivity index (χ2n) is 17.6. The van der Waals surface area contributed by atoms with Gasteiger partial charge < -0.3 is 14.0 Å². The smallest absolute Gasteiger partial charge is 0.121 e. The minimum atomic E-state index is -2.18. The summed E-state index contributed by atoms with van der Waals surface area (Å²) in [6.07, 6.45) is 1.30. The fourth-order valence-electron chi connectivity index (χ4n) is 9.39. The molecular formula is C62H49IrN3O-2. The molecule has 4 nitrogen and oxygen atoms in total. The Morgan fingerprint density at radius 3 is 1.97 bits per heavy atom. The predicted octanol–water partition coefficient (Wildman–Crippen LogP) is 16.9. The fraction of sp³-hybridized carbons (Fsp3) is 0.129. The van der Waals surface area contributed by atoms with Crippen molar-refractivity contribution in [2.45, 2.75) is 53.2 Å². The van der Waals surface area contributed by atoms with Gasteiger partial charge in [-0.2, -0.15) is 0 Å². The molecule has 0 amide bonds. The Morgan fingerprint density at radius 1 is 0.582 bits per heavy atom. The van der Waals surface area contributed by atoms with Gasteiger partial charge in [-0.1, -0.05) is 155 Å². The number of rotatable bonds is 6. The van der Waals surface area contributed by atoms with Crippen molar-refractivity contribution in [3.8, 4) is 39.5 Å². The van der Waals surface area contributed by atoms with Crippen LogP contribution in [0.25, 0.3) is 105 Å². The van der Waals surface area contributed by atoms with Gasteiger partial charge in [0.25, 0.3) is 0 Å². The van der Waals surface area contributed by atoms with E-state index in [2.05, 4.69) is 183 Å². The van der Waals surface area contributed by atoms with Gasteiger partial charge in [-0.3, -0.25) is 4.98 Å². The molecule has 9 aromatic carbocycles. The van der Waals surface area contributed by atoms with Crippen LogP contribution in [0, 0.1) is 25.8 Å². The molecule has 5 heteroatoms. The molecule has 3 heterocycles. The summed E-state index contributed by atoms with van der Waals surface area (Å²) >= 11 is 0. The van der Waals surface area contributed by atoms with E-state index in [0.29, 0.717) is 11.3 Å². The molecule has 0 N–H and O–H groups in total. The number of fused-ring (bicyclic) bond motifs is 9. The topological polar surface area (TPSA) is 43.9 Å². The van der Waals surface area contributed by atoms with Crippen LogP contribution in [0.15, 0.2) is 180 Å². The molecule has 0 spiro atoms. The number of aryl methyl sites for hydroxylation is 2. The number of pyridine rings is 1. The van der Waals surface area contributed by atoms with Crippen LogP contribution in [-0.4, -0.2) is 14.5 Å². The molecule has 1 radical (unpaired) electrons. The number of hydrogen-bond donors (Lipinski definition) is 0. The molecule has 67 heavy (non-hydrogen) atoms. The molecule has 12 rings (SSSR count). The molecule has 0 aliphatic carbocycles. The summed E-state index contributed by atoms with van der Waals surface area (Å²) in [5.41, 5.74) is 12.3. The Balaban J connectivity index is 0.000000246. The zero-order chi connectivity index (χ0) is 50.1. The van der Waals surface area contributed by atoms with E-state index in [1.807, 2.05) is 6.07 Å². The van der Waals surface area contributed by atoms with Crippen LogP contribution in [0.5, 0.6) is 0 Å². The van der Waals surface area contributed by atoms with Gasteiger partial charge >= 0.3 is 0 Å². The Morgan fingerprint density at radius 2 is 1.27 bits per heavy atom. The molecule has 12 aromatic rings. The Bertz CT molecular complexity index is 3920. The summed E-state index contributed by atoms with van der Waals surface area (Å²) in [5, 5.41) is 9.36. The van der Waals surface area contributed by atoms with Crippen molar-refractivity contribution in [3.05, 3.63) is 210 Å². The van der Waals surface area contributed by atoms with Gasteiger partial charge in [0.1, 0.15) is 5.58 Å². The van der Waals surface area contributed by atoms with E-state index in [4.69, 9.17) is 17.6 Å².